The summed E-state index contributed by atoms with van der Waals surface area (Å²) in [6.07, 6.45) is 9.00. The van der Waals surface area contributed by atoms with Crippen LogP contribution in [0.1, 0.15) is 43.0 Å². The van der Waals surface area contributed by atoms with Gasteiger partial charge in [-0.15, -0.1) is 5.10 Å². The van der Waals surface area contributed by atoms with Crippen LogP contribution in [0, 0.1) is 11.7 Å². The maximum absolute atomic E-state index is 13.5. The van der Waals surface area contributed by atoms with Gasteiger partial charge in [-0.2, -0.15) is 10.2 Å². The summed E-state index contributed by atoms with van der Waals surface area (Å²) in [5, 5.41) is 14.7. The summed E-state index contributed by atoms with van der Waals surface area (Å²) in [6.45, 7) is 8.08. The molecule has 5 rings (SSSR count). The maximum Gasteiger partial charge on any atom is 0.263 e. The second kappa shape index (κ2) is 11.3. The van der Waals surface area contributed by atoms with Gasteiger partial charge >= 0.3 is 0 Å². The third kappa shape index (κ3) is 5.37. The molecule has 5 heterocycles. The topological polar surface area (TPSA) is 138 Å². The summed E-state index contributed by atoms with van der Waals surface area (Å²) in [5.74, 6) is -0.951. The Morgan fingerprint density at radius 1 is 1.08 bits per heavy atom. The van der Waals surface area contributed by atoms with Crippen molar-refractivity contribution in [2.45, 2.75) is 32.6 Å². The van der Waals surface area contributed by atoms with Crippen LogP contribution in [0.4, 0.5) is 21.6 Å². The Bertz CT molecular complexity index is 1300. The molecule has 2 aliphatic rings. The van der Waals surface area contributed by atoms with Crippen LogP contribution in [0.15, 0.2) is 24.8 Å². The standard InChI is InChI=1S/C25H33FN10O2/c1-2-3-6-33-9-11-35(12-10-33)25(38)17-4-7-34(8-5-17)20-15-30-29-14-19(20)31-24(37)21-22(27)32-36-16-18(26)13-28-23(21)36/h13-17H,2-12H2,1H3,(H2,27,32)(H,30,31,37). The molecule has 2 amide bonds. The third-order valence-corrected chi connectivity index (χ3v) is 7.35. The smallest absolute Gasteiger partial charge is 0.263 e. The predicted octanol–water partition coefficient (Wildman–Crippen LogP) is 1.65. The first-order valence-corrected chi connectivity index (χ1v) is 13.1. The van der Waals surface area contributed by atoms with E-state index < -0.39 is 11.7 Å². The third-order valence-electron chi connectivity index (χ3n) is 7.35. The van der Waals surface area contributed by atoms with Crippen LogP contribution in [0.25, 0.3) is 5.65 Å². The van der Waals surface area contributed by atoms with E-state index in [4.69, 9.17) is 5.73 Å². The first-order chi connectivity index (χ1) is 18.4. The van der Waals surface area contributed by atoms with Crippen LogP contribution in [0.5, 0.6) is 0 Å². The molecule has 0 saturated carbocycles. The Kier molecular flexibility index (Phi) is 7.63. The van der Waals surface area contributed by atoms with E-state index in [1.54, 1.807) is 6.20 Å². The minimum Gasteiger partial charge on any atom is -0.381 e. The van der Waals surface area contributed by atoms with Gasteiger partial charge in [-0.3, -0.25) is 14.5 Å². The van der Waals surface area contributed by atoms with Gasteiger partial charge in [0.1, 0.15) is 5.56 Å². The fraction of sp³-hybridized carbons (Fsp3) is 0.520. The lowest BCUT2D eigenvalue weighted by atomic mass is 9.94. The average molecular weight is 525 g/mol. The monoisotopic (exact) mass is 524 g/mol. The number of carbonyl (C=O) groups is 2. The zero-order valence-corrected chi connectivity index (χ0v) is 21.5. The maximum atomic E-state index is 13.5. The Hall–Kier alpha value is -3.87. The number of nitrogens with zero attached hydrogens (tertiary/aromatic N) is 8. The van der Waals surface area contributed by atoms with E-state index in [0.717, 1.165) is 62.5 Å². The van der Waals surface area contributed by atoms with Crippen molar-refractivity contribution in [2.75, 3.05) is 61.8 Å². The van der Waals surface area contributed by atoms with E-state index in [1.807, 2.05) is 4.90 Å². The highest BCUT2D eigenvalue weighted by Crippen LogP contribution is 2.30. The van der Waals surface area contributed by atoms with Crippen molar-refractivity contribution in [3.05, 3.63) is 36.2 Å². The molecule has 13 heteroatoms. The molecule has 0 atom stereocenters. The van der Waals surface area contributed by atoms with Gasteiger partial charge in [0.15, 0.2) is 17.3 Å². The number of carbonyl (C=O) groups excluding carboxylic acids is 2. The number of hydrogen-bond acceptors (Lipinski definition) is 9. The van der Waals surface area contributed by atoms with E-state index in [9.17, 15) is 14.0 Å². The number of rotatable bonds is 7. The molecule has 3 N–H and O–H groups in total. The largest absolute Gasteiger partial charge is 0.381 e. The lowest BCUT2D eigenvalue weighted by molar-refractivity contribution is -0.138. The number of nitrogens with two attached hydrogens (primary N) is 1. The van der Waals surface area contributed by atoms with Crippen LogP contribution < -0.4 is 16.0 Å². The summed E-state index contributed by atoms with van der Waals surface area (Å²) in [5.41, 5.74) is 7.30. The first kappa shape index (κ1) is 25.8. The second-order valence-corrected chi connectivity index (χ2v) is 9.82. The van der Waals surface area contributed by atoms with E-state index in [-0.39, 0.29) is 28.9 Å². The molecular formula is C25H33FN10O2. The fourth-order valence-corrected chi connectivity index (χ4v) is 5.19. The lowest BCUT2D eigenvalue weighted by Crippen LogP contribution is -2.51. The van der Waals surface area contributed by atoms with E-state index in [1.165, 1.54) is 19.0 Å². The van der Waals surface area contributed by atoms with Crippen LogP contribution in [0.2, 0.25) is 0 Å². The summed E-state index contributed by atoms with van der Waals surface area (Å²) in [7, 11) is 0. The zero-order valence-electron chi connectivity index (χ0n) is 21.5. The number of piperazine rings is 1. The van der Waals surface area contributed by atoms with E-state index in [0.29, 0.717) is 24.5 Å². The van der Waals surface area contributed by atoms with Gasteiger partial charge in [-0.1, -0.05) is 13.3 Å². The SMILES string of the molecule is CCCCN1CCN(C(=O)C2CCN(c3cnncc3NC(=O)c3c(N)nn4cc(F)cnc34)CC2)CC1. The molecule has 38 heavy (non-hydrogen) atoms. The zero-order chi connectivity index (χ0) is 26.6. The molecule has 2 aliphatic heterocycles. The van der Waals surface area contributed by atoms with Crippen LogP contribution in [-0.4, -0.2) is 92.2 Å². The summed E-state index contributed by atoms with van der Waals surface area (Å²) < 4.78 is 14.6. The Labute approximate surface area is 220 Å². The molecule has 0 aromatic carbocycles. The molecule has 3 aromatic heterocycles. The molecule has 0 aliphatic carbocycles. The van der Waals surface area contributed by atoms with Gasteiger partial charge in [-0.05, 0) is 25.8 Å². The molecule has 3 aromatic rings. The van der Waals surface area contributed by atoms with Crippen LogP contribution in [-0.2, 0) is 4.79 Å². The summed E-state index contributed by atoms with van der Waals surface area (Å²) >= 11 is 0. The van der Waals surface area contributed by atoms with Crippen molar-refractivity contribution in [2.24, 2.45) is 5.92 Å². The lowest BCUT2D eigenvalue weighted by Gasteiger charge is -2.39. The van der Waals surface area contributed by atoms with Crippen LogP contribution >= 0.6 is 0 Å². The summed E-state index contributed by atoms with van der Waals surface area (Å²) in [6, 6.07) is 0. The number of nitrogens with one attached hydrogen (secondary N) is 1. The van der Waals surface area contributed by atoms with Gasteiger partial charge in [0.05, 0.1) is 36.2 Å². The molecular weight excluding hydrogens is 491 g/mol. The number of halogens is 1. The highest BCUT2D eigenvalue weighted by molar-refractivity contribution is 6.12. The minimum atomic E-state index is -0.594. The average Bonchev–Trinajstić information content (AvgIpc) is 3.27. The highest BCUT2D eigenvalue weighted by Gasteiger charge is 2.31. The number of piperidine rings is 1. The van der Waals surface area contributed by atoms with Gasteiger partial charge in [0.25, 0.3) is 5.91 Å². The van der Waals surface area contributed by atoms with Gasteiger partial charge in [0, 0.05) is 45.2 Å². The number of hydrogen-bond donors (Lipinski definition) is 2. The summed E-state index contributed by atoms with van der Waals surface area (Å²) in [4.78, 5) is 36.8. The number of anilines is 3. The molecule has 0 spiro atoms. The predicted molar refractivity (Wildman–Crippen MR) is 140 cm³/mol. The quantitative estimate of drug-likeness (QED) is 0.472. The first-order valence-electron chi connectivity index (χ1n) is 13.1. The Balaban J connectivity index is 1.21. The number of fused-ring (bicyclic) bond motifs is 1. The van der Waals surface area contributed by atoms with Gasteiger partial charge < -0.3 is 20.9 Å². The van der Waals surface area contributed by atoms with Gasteiger partial charge in [-0.25, -0.2) is 13.9 Å². The Morgan fingerprint density at radius 3 is 2.55 bits per heavy atom. The molecule has 2 fully saturated rings. The highest BCUT2D eigenvalue weighted by atomic mass is 19.1. The minimum absolute atomic E-state index is 0.00803. The van der Waals surface area contributed by atoms with Crippen molar-refractivity contribution in [3.8, 4) is 0 Å². The second-order valence-electron chi connectivity index (χ2n) is 9.82. The van der Waals surface area contributed by atoms with Crippen molar-refractivity contribution in [3.63, 3.8) is 0 Å². The van der Waals surface area contributed by atoms with Crippen LogP contribution in [0.3, 0.4) is 0 Å². The van der Waals surface area contributed by atoms with Crippen molar-refractivity contribution in [1.82, 2.24) is 34.6 Å². The molecule has 0 radical (unpaired) electrons. The van der Waals surface area contributed by atoms with Crippen molar-refractivity contribution < 1.29 is 14.0 Å². The number of aromatic nitrogens is 5. The number of unbranched alkanes of at least 4 members (excludes halogenated alkanes) is 1. The van der Waals surface area contributed by atoms with Gasteiger partial charge in [0.2, 0.25) is 5.91 Å². The molecule has 0 bridgehead atoms. The molecule has 0 unspecified atom stereocenters. The molecule has 2 saturated heterocycles. The van der Waals surface area contributed by atoms with Crippen molar-refractivity contribution >= 4 is 34.7 Å². The number of nitrogen functional groups attached to an aromatic ring is 1. The van der Waals surface area contributed by atoms with Crippen molar-refractivity contribution in [1.29, 1.82) is 0 Å². The fourth-order valence-electron chi connectivity index (χ4n) is 5.19. The molecule has 12 nitrogen and oxygen atoms in total. The molecule has 202 valence electrons. The normalized spacial score (nSPS) is 17.2. The Morgan fingerprint density at radius 2 is 1.82 bits per heavy atom. The number of amides is 2. The van der Waals surface area contributed by atoms with E-state index >= 15 is 0 Å². The van der Waals surface area contributed by atoms with E-state index in [2.05, 4.69) is 42.3 Å².